The Labute approximate surface area is 142 Å². The molecule has 4 rings (SSSR count). The average molecular weight is 332 g/mol. The molecular formula is C19H13FN4O. The van der Waals surface area contributed by atoms with Crippen LogP contribution in [0.5, 0.6) is 0 Å². The molecule has 2 aromatic heterocycles. The lowest BCUT2D eigenvalue weighted by Gasteiger charge is -2.05. The van der Waals surface area contributed by atoms with Crippen LogP contribution in [-0.4, -0.2) is 21.1 Å². The Bertz CT molecular complexity index is 1040. The van der Waals surface area contributed by atoms with Crippen LogP contribution in [0.25, 0.3) is 22.2 Å². The van der Waals surface area contributed by atoms with Gasteiger partial charge in [0.05, 0.1) is 11.2 Å². The van der Waals surface area contributed by atoms with E-state index in [0.717, 1.165) is 16.5 Å². The van der Waals surface area contributed by atoms with Gasteiger partial charge in [0.15, 0.2) is 0 Å². The lowest BCUT2D eigenvalue weighted by molar-refractivity contribution is 0.102. The summed E-state index contributed by atoms with van der Waals surface area (Å²) < 4.78 is 13.1. The number of rotatable bonds is 3. The Balaban J connectivity index is 1.69. The zero-order chi connectivity index (χ0) is 17.2. The van der Waals surface area contributed by atoms with Gasteiger partial charge in [0.25, 0.3) is 5.91 Å². The molecule has 0 aliphatic carbocycles. The predicted molar refractivity (Wildman–Crippen MR) is 93.7 cm³/mol. The number of fused-ring (bicyclic) bond motifs is 1. The number of nitrogens with one attached hydrogen (secondary N) is 2. The highest BCUT2D eigenvalue weighted by molar-refractivity contribution is 6.04. The first-order valence-corrected chi connectivity index (χ1v) is 7.67. The fourth-order valence-electron chi connectivity index (χ4n) is 2.61. The highest BCUT2D eigenvalue weighted by Crippen LogP contribution is 2.28. The number of carbonyl (C=O) groups excluding carboxylic acids is 1. The lowest BCUT2D eigenvalue weighted by Crippen LogP contribution is -2.13. The molecule has 0 radical (unpaired) electrons. The molecule has 5 nitrogen and oxygen atoms in total. The number of anilines is 1. The van der Waals surface area contributed by atoms with E-state index in [1.54, 1.807) is 42.6 Å². The predicted octanol–water partition coefficient (Wildman–Crippen LogP) is 4.02. The maximum absolute atomic E-state index is 13.1. The zero-order valence-electron chi connectivity index (χ0n) is 13.0. The van der Waals surface area contributed by atoms with Crippen molar-refractivity contribution in [3.8, 4) is 11.3 Å². The van der Waals surface area contributed by atoms with E-state index in [1.807, 2.05) is 12.1 Å². The second kappa shape index (κ2) is 6.16. The van der Waals surface area contributed by atoms with Gasteiger partial charge in [-0.3, -0.25) is 14.9 Å². The van der Waals surface area contributed by atoms with Crippen molar-refractivity contribution < 1.29 is 9.18 Å². The van der Waals surface area contributed by atoms with Crippen molar-refractivity contribution in [2.75, 3.05) is 5.32 Å². The number of H-pyrrole nitrogens is 1. The van der Waals surface area contributed by atoms with E-state index in [0.29, 0.717) is 17.1 Å². The van der Waals surface area contributed by atoms with Crippen molar-refractivity contribution in [3.05, 3.63) is 78.4 Å². The quantitative estimate of drug-likeness (QED) is 0.595. The van der Waals surface area contributed by atoms with Crippen LogP contribution in [0.4, 0.5) is 10.1 Å². The Morgan fingerprint density at radius 3 is 2.64 bits per heavy atom. The topological polar surface area (TPSA) is 70.7 Å². The second-order valence-corrected chi connectivity index (χ2v) is 5.51. The van der Waals surface area contributed by atoms with Gasteiger partial charge in [0, 0.05) is 22.8 Å². The molecule has 1 amide bonds. The minimum absolute atomic E-state index is 0.285. The van der Waals surface area contributed by atoms with Crippen molar-refractivity contribution in [3.63, 3.8) is 0 Å². The molecule has 2 heterocycles. The van der Waals surface area contributed by atoms with Crippen molar-refractivity contribution in [2.45, 2.75) is 0 Å². The van der Waals surface area contributed by atoms with Gasteiger partial charge in [0.1, 0.15) is 11.5 Å². The molecule has 2 aromatic carbocycles. The van der Waals surface area contributed by atoms with Gasteiger partial charge in [-0.25, -0.2) is 4.39 Å². The number of amides is 1. The molecule has 0 saturated carbocycles. The van der Waals surface area contributed by atoms with Gasteiger partial charge >= 0.3 is 0 Å². The van der Waals surface area contributed by atoms with Gasteiger partial charge in [0.2, 0.25) is 0 Å². The third kappa shape index (κ3) is 2.97. The van der Waals surface area contributed by atoms with E-state index in [1.165, 1.54) is 12.1 Å². The Morgan fingerprint density at radius 1 is 1.04 bits per heavy atom. The van der Waals surface area contributed by atoms with E-state index in [2.05, 4.69) is 20.5 Å². The lowest BCUT2D eigenvalue weighted by atomic mass is 10.1. The normalized spacial score (nSPS) is 10.8. The van der Waals surface area contributed by atoms with Gasteiger partial charge in [-0.2, -0.15) is 5.10 Å². The summed E-state index contributed by atoms with van der Waals surface area (Å²) >= 11 is 0. The SMILES string of the molecule is O=C(Nc1ccc2[nH]nc(-c3ccc(F)cc3)c2c1)c1ccccn1. The molecule has 0 saturated heterocycles. The first-order valence-electron chi connectivity index (χ1n) is 7.67. The van der Waals surface area contributed by atoms with Crippen molar-refractivity contribution in [2.24, 2.45) is 0 Å². The third-order valence-corrected chi connectivity index (χ3v) is 3.84. The summed E-state index contributed by atoms with van der Waals surface area (Å²) in [4.78, 5) is 16.3. The highest BCUT2D eigenvalue weighted by atomic mass is 19.1. The average Bonchev–Trinajstić information content (AvgIpc) is 3.06. The van der Waals surface area contributed by atoms with Gasteiger partial charge < -0.3 is 5.32 Å². The second-order valence-electron chi connectivity index (χ2n) is 5.51. The molecular weight excluding hydrogens is 319 g/mol. The minimum atomic E-state index is -0.299. The molecule has 0 aliphatic rings. The summed E-state index contributed by atoms with van der Waals surface area (Å²) in [5.74, 6) is -0.585. The van der Waals surface area contributed by atoms with E-state index < -0.39 is 0 Å². The number of carbonyl (C=O) groups is 1. The van der Waals surface area contributed by atoms with E-state index in [4.69, 9.17) is 0 Å². The number of nitrogens with zero attached hydrogens (tertiary/aromatic N) is 2. The number of hydrogen-bond donors (Lipinski definition) is 2. The van der Waals surface area contributed by atoms with Crippen LogP contribution in [0.3, 0.4) is 0 Å². The van der Waals surface area contributed by atoms with Gasteiger partial charge in [-0.1, -0.05) is 6.07 Å². The van der Waals surface area contributed by atoms with Crippen molar-refractivity contribution in [1.29, 1.82) is 0 Å². The fraction of sp³-hybridized carbons (Fsp3) is 0. The van der Waals surface area contributed by atoms with Crippen LogP contribution < -0.4 is 5.32 Å². The maximum atomic E-state index is 13.1. The summed E-state index contributed by atoms with van der Waals surface area (Å²) in [6, 6.07) is 16.7. The summed E-state index contributed by atoms with van der Waals surface area (Å²) in [5.41, 5.74) is 3.29. The van der Waals surface area contributed by atoms with Crippen LogP contribution in [-0.2, 0) is 0 Å². The number of pyridine rings is 1. The van der Waals surface area contributed by atoms with Crippen LogP contribution >= 0.6 is 0 Å². The third-order valence-electron chi connectivity index (χ3n) is 3.84. The summed E-state index contributed by atoms with van der Waals surface area (Å²) in [6.07, 6.45) is 1.57. The molecule has 6 heteroatoms. The molecule has 0 unspecified atom stereocenters. The molecule has 25 heavy (non-hydrogen) atoms. The first kappa shape index (κ1) is 15.0. The first-order chi connectivity index (χ1) is 12.2. The van der Waals surface area contributed by atoms with Gasteiger partial charge in [-0.05, 0) is 54.6 Å². The van der Waals surface area contributed by atoms with Crippen molar-refractivity contribution in [1.82, 2.24) is 15.2 Å². The van der Waals surface area contributed by atoms with Crippen LogP contribution in [0.1, 0.15) is 10.5 Å². The number of aromatic amines is 1. The van der Waals surface area contributed by atoms with Crippen LogP contribution in [0, 0.1) is 5.82 Å². The molecule has 0 fully saturated rings. The summed E-state index contributed by atoms with van der Waals surface area (Å²) in [7, 11) is 0. The molecule has 122 valence electrons. The number of hydrogen-bond acceptors (Lipinski definition) is 3. The number of halogens is 1. The zero-order valence-corrected chi connectivity index (χ0v) is 13.0. The summed E-state index contributed by atoms with van der Waals surface area (Å²) in [5, 5.41) is 10.9. The number of aromatic nitrogens is 3. The molecule has 4 aromatic rings. The Morgan fingerprint density at radius 2 is 1.88 bits per heavy atom. The highest BCUT2D eigenvalue weighted by Gasteiger charge is 2.11. The Hall–Kier alpha value is -3.54. The van der Waals surface area contributed by atoms with Crippen molar-refractivity contribution >= 4 is 22.5 Å². The summed E-state index contributed by atoms with van der Waals surface area (Å²) in [6.45, 7) is 0. The van der Waals surface area contributed by atoms with Crippen LogP contribution in [0.2, 0.25) is 0 Å². The standard InChI is InChI=1S/C19H13FN4O/c20-13-6-4-12(5-7-13)18-15-11-14(8-9-16(15)23-24-18)22-19(25)17-3-1-2-10-21-17/h1-11H,(H,22,25)(H,23,24). The fourth-order valence-corrected chi connectivity index (χ4v) is 2.61. The number of benzene rings is 2. The van der Waals surface area contributed by atoms with Gasteiger partial charge in [-0.15, -0.1) is 0 Å². The van der Waals surface area contributed by atoms with Crippen LogP contribution in [0.15, 0.2) is 66.9 Å². The molecule has 0 bridgehead atoms. The van der Waals surface area contributed by atoms with E-state index in [-0.39, 0.29) is 11.7 Å². The largest absolute Gasteiger partial charge is 0.321 e. The van der Waals surface area contributed by atoms with E-state index in [9.17, 15) is 9.18 Å². The molecule has 0 aliphatic heterocycles. The van der Waals surface area contributed by atoms with E-state index >= 15 is 0 Å². The monoisotopic (exact) mass is 332 g/mol. The maximum Gasteiger partial charge on any atom is 0.274 e. The molecule has 2 N–H and O–H groups in total. The Kier molecular flexibility index (Phi) is 3.70. The smallest absolute Gasteiger partial charge is 0.274 e. The molecule has 0 atom stereocenters. The minimum Gasteiger partial charge on any atom is -0.321 e. The molecule has 0 spiro atoms.